The van der Waals surface area contributed by atoms with Crippen LogP contribution in [0.25, 0.3) is 0 Å². The summed E-state index contributed by atoms with van der Waals surface area (Å²) in [7, 11) is 0. The fourth-order valence-electron chi connectivity index (χ4n) is 9.35. The summed E-state index contributed by atoms with van der Waals surface area (Å²) in [5, 5.41) is 44.0. The van der Waals surface area contributed by atoms with E-state index >= 15 is 0 Å². The maximum atomic E-state index is 12.6. The largest absolute Gasteiger partial charge is 0.394 e. The third kappa shape index (κ3) is 44.5. The molecule has 6 nitrogen and oxygen atoms in total. The Hall–Kier alpha value is -0.690. The molecule has 0 fully saturated rings. The van der Waals surface area contributed by atoms with Crippen molar-refractivity contribution in [1.82, 2.24) is 5.32 Å². The first-order valence-electron chi connectivity index (χ1n) is 28.4. The number of carbonyl (C=O) groups excluding carboxylic acids is 1. The van der Waals surface area contributed by atoms with Gasteiger partial charge in [-0.1, -0.05) is 309 Å². The standard InChI is InChI=1S/C56H113NO5/c1-3-5-7-9-11-13-15-17-19-21-22-23-24-25-26-27-28-29-30-31-32-33-34-36-37-39-41-43-45-47-49-53(59)55(61)52(51-58)57-56(62)54(60)50-48-46-44-42-40-38-35-20-18-16-14-12-10-8-6-4-2/h52-55,58-61H,3-51H2,1-2H3,(H,57,62). The molecule has 0 spiro atoms. The number of aliphatic hydroxyl groups excluding tert-OH is 4. The predicted octanol–water partition coefficient (Wildman–Crippen LogP) is 16.3. The van der Waals surface area contributed by atoms with Gasteiger partial charge in [0.25, 0.3) is 0 Å². The van der Waals surface area contributed by atoms with Crippen LogP contribution in [0.5, 0.6) is 0 Å². The van der Waals surface area contributed by atoms with Gasteiger partial charge in [-0.25, -0.2) is 0 Å². The van der Waals surface area contributed by atoms with Crippen LogP contribution in [-0.2, 0) is 4.79 Å². The van der Waals surface area contributed by atoms with Gasteiger partial charge in [0.05, 0.1) is 18.8 Å². The molecule has 4 atom stereocenters. The van der Waals surface area contributed by atoms with E-state index in [0.29, 0.717) is 12.8 Å². The summed E-state index contributed by atoms with van der Waals surface area (Å²) >= 11 is 0. The van der Waals surface area contributed by atoms with E-state index in [2.05, 4.69) is 19.2 Å². The minimum Gasteiger partial charge on any atom is -0.394 e. The molecule has 0 aliphatic rings. The Bertz CT molecular complexity index is 856. The highest BCUT2D eigenvalue weighted by molar-refractivity contribution is 5.80. The van der Waals surface area contributed by atoms with E-state index in [1.54, 1.807) is 0 Å². The lowest BCUT2D eigenvalue weighted by atomic mass is 9.99. The van der Waals surface area contributed by atoms with E-state index < -0.39 is 36.9 Å². The highest BCUT2D eigenvalue weighted by Crippen LogP contribution is 2.19. The van der Waals surface area contributed by atoms with Crippen LogP contribution >= 0.6 is 0 Å². The number of aliphatic hydroxyl groups is 4. The number of amides is 1. The lowest BCUT2D eigenvalue weighted by Crippen LogP contribution is -2.53. The lowest BCUT2D eigenvalue weighted by molar-refractivity contribution is -0.132. The van der Waals surface area contributed by atoms with Crippen LogP contribution in [0.1, 0.15) is 322 Å². The molecule has 0 aromatic heterocycles. The molecule has 62 heavy (non-hydrogen) atoms. The number of rotatable bonds is 53. The fourth-order valence-corrected chi connectivity index (χ4v) is 9.35. The van der Waals surface area contributed by atoms with Gasteiger partial charge in [0.1, 0.15) is 12.2 Å². The molecule has 0 saturated heterocycles. The first-order chi connectivity index (χ1) is 30.5. The highest BCUT2D eigenvalue weighted by atomic mass is 16.3. The minimum absolute atomic E-state index is 0.376. The summed E-state index contributed by atoms with van der Waals surface area (Å²) in [6.07, 6.45) is 58.9. The van der Waals surface area contributed by atoms with Crippen molar-refractivity contribution < 1.29 is 25.2 Å². The van der Waals surface area contributed by atoms with Crippen molar-refractivity contribution >= 4 is 5.91 Å². The molecule has 372 valence electrons. The summed E-state index contributed by atoms with van der Waals surface area (Å²) in [6, 6.07) is -0.980. The average molecular weight is 881 g/mol. The molecule has 0 saturated carbocycles. The fraction of sp³-hybridized carbons (Fsp3) is 0.982. The second-order valence-corrected chi connectivity index (χ2v) is 20.0. The molecule has 6 heteroatoms. The Balaban J connectivity index is 3.54. The first-order valence-corrected chi connectivity index (χ1v) is 28.4. The number of unbranched alkanes of at least 4 members (excludes halogenated alkanes) is 44. The van der Waals surface area contributed by atoms with Crippen LogP contribution in [0.4, 0.5) is 0 Å². The third-order valence-electron chi connectivity index (χ3n) is 13.8. The Morgan fingerprint density at radius 3 is 0.774 bits per heavy atom. The Morgan fingerprint density at radius 2 is 0.548 bits per heavy atom. The van der Waals surface area contributed by atoms with Crippen molar-refractivity contribution in [1.29, 1.82) is 0 Å². The summed E-state index contributed by atoms with van der Waals surface area (Å²) in [5.74, 6) is -0.577. The molecule has 0 aromatic rings. The van der Waals surface area contributed by atoms with Crippen LogP contribution in [0.3, 0.4) is 0 Å². The van der Waals surface area contributed by atoms with Gasteiger partial charge in [0.15, 0.2) is 0 Å². The van der Waals surface area contributed by atoms with E-state index in [-0.39, 0.29) is 0 Å². The van der Waals surface area contributed by atoms with Crippen LogP contribution < -0.4 is 5.32 Å². The van der Waals surface area contributed by atoms with E-state index in [1.165, 1.54) is 257 Å². The Kier molecular flexibility index (Phi) is 50.7. The molecular formula is C56H113NO5. The van der Waals surface area contributed by atoms with Crippen molar-refractivity contribution in [2.75, 3.05) is 6.61 Å². The quantitative estimate of drug-likeness (QED) is 0.0391. The van der Waals surface area contributed by atoms with E-state index in [9.17, 15) is 25.2 Å². The molecule has 1 amide bonds. The zero-order valence-corrected chi connectivity index (χ0v) is 42.2. The van der Waals surface area contributed by atoms with E-state index in [4.69, 9.17) is 0 Å². The summed E-state index contributed by atoms with van der Waals surface area (Å²) in [6.45, 7) is 4.09. The third-order valence-corrected chi connectivity index (χ3v) is 13.8. The summed E-state index contributed by atoms with van der Waals surface area (Å²) in [4.78, 5) is 12.6. The molecule has 0 rings (SSSR count). The number of hydrogen-bond acceptors (Lipinski definition) is 5. The summed E-state index contributed by atoms with van der Waals surface area (Å²) < 4.78 is 0. The van der Waals surface area contributed by atoms with Gasteiger partial charge >= 0.3 is 0 Å². The molecular weight excluding hydrogens is 767 g/mol. The second-order valence-electron chi connectivity index (χ2n) is 20.0. The molecule has 0 heterocycles. The van der Waals surface area contributed by atoms with Crippen LogP contribution in [-0.4, -0.2) is 57.3 Å². The average Bonchev–Trinajstić information content (AvgIpc) is 3.28. The minimum atomic E-state index is -1.25. The lowest BCUT2D eigenvalue weighted by Gasteiger charge is -2.27. The molecule has 0 bridgehead atoms. The maximum Gasteiger partial charge on any atom is 0.249 e. The van der Waals surface area contributed by atoms with Gasteiger partial charge in [-0.2, -0.15) is 0 Å². The van der Waals surface area contributed by atoms with Crippen LogP contribution in [0, 0.1) is 0 Å². The Morgan fingerprint density at radius 1 is 0.339 bits per heavy atom. The Labute approximate surface area is 388 Å². The molecule has 0 aromatic carbocycles. The van der Waals surface area contributed by atoms with Crippen molar-refractivity contribution in [3.05, 3.63) is 0 Å². The van der Waals surface area contributed by atoms with Crippen molar-refractivity contribution in [3.63, 3.8) is 0 Å². The zero-order valence-electron chi connectivity index (χ0n) is 42.2. The smallest absolute Gasteiger partial charge is 0.249 e. The van der Waals surface area contributed by atoms with E-state index in [0.717, 1.165) is 38.5 Å². The molecule has 5 N–H and O–H groups in total. The topological polar surface area (TPSA) is 110 Å². The van der Waals surface area contributed by atoms with Gasteiger partial charge < -0.3 is 25.7 Å². The van der Waals surface area contributed by atoms with Gasteiger partial charge in [-0.15, -0.1) is 0 Å². The van der Waals surface area contributed by atoms with Crippen LogP contribution in [0.2, 0.25) is 0 Å². The highest BCUT2D eigenvalue weighted by Gasteiger charge is 2.28. The summed E-state index contributed by atoms with van der Waals surface area (Å²) in [5.41, 5.74) is 0. The van der Waals surface area contributed by atoms with Crippen molar-refractivity contribution in [2.24, 2.45) is 0 Å². The first kappa shape index (κ1) is 61.3. The van der Waals surface area contributed by atoms with Crippen molar-refractivity contribution in [3.8, 4) is 0 Å². The van der Waals surface area contributed by atoms with Gasteiger partial charge in [0.2, 0.25) is 5.91 Å². The van der Waals surface area contributed by atoms with Gasteiger partial charge in [0, 0.05) is 0 Å². The predicted molar refractivity (Wildman–Crippen MR) is 270 cm³/mol. The normalized spacial score (nSPS) is 13.7. The van der Waals surface area contributed by atoms with Gasteiger partial charge in [-0.05, 0) is 12.8 Å². The van der Waals surface area contributed by atoms with Gasteiger partial charge in [-0.3, -0.25) is 4.79 Å². The zero-order chi connectivity index (χ0) is 45.2. The van der Waals surface area contributed by atoms with E-state index in [1.807, 2.05) is 0 Å². The molecule has 0 aliphatic carbocycles. The SMILES string of the molecule is CCCCCCCCCCCCCCCCCCCCCCCCCCCCCCCCC(O)C(O)C(CO)NC(=O)C(O)CCCCCCCCCCCCCCCCCC. The maximum absolute atomic E-state index is 12.6. The number of nitrogens with one attached hydrogen (secondary N) is 1. The number of carbonyl (C=O) groups is 1. The molecule has 0 radical (unpaired) electrons. The second kappa shape index (κ2) is 51.3. The van der Waals surface area contributed by atoms with Crippen LogP contribution in [0.15, 0.2) is 0 Å². The number of hydrogen-bond donors (Lipinski definition) is 5. The van der Waals surface area contributed by atoms with Crippen molar-refractivity contribution in [2.45, 2.75) is 346 Å². The monoisotopic (exact) mass is 880 g/mol. The molecule has 4 unspecified atom stereocenters. The molecule has 0 aliphatic heterocycles.